The van der Waals surface area contributed by atoms with E-state index in [2.05, 4.69) is 5.32 Å². The van der Waals surface area contributed by atoms with E-state index in [0.717, 1.165) is 22.5 Å². The normalized spacial score (nSPS) is 11.0. The van der Waals surface area contributed by atoms with Gasteiger partial charge in [0, 0.05) is 31.8 Å². The summed E-state index contributed by atoms with van der Waals surface area (Å²) in [5.41, 5.74) is 3.97. The molecule has 0 amide bonds. The van der Waals surface area contributed by atoms with Crippen LogP contribution in [0.15, 0.2) is 36.4 Å². The second-order valence-electron chi connectivity index (χ2n) is 4.70. The van der Waals surface area contributed by atoms with Crippen LogP contribution in [0.2, 0.25) is 0 Å². The van der Waals surface area contributed by atoms with Crippen LogP contribution in [0.1, 0.15) is 23.7 Å². The van der Waals surface area contributed by atoms with Gasteiger partial charge in [-0.15, -0.1) is 4.39 Å². The summed E-state index contributed by atoms with van der Waals surface area (Å²) in [7, 11) is 1.89. The third-order valence-electron chi connectivity index (χ3n) is 3.33. The molecule has 1 N–H and O–H groups in total. The van der Waals surface area contributed by atoms with E-state index in [1.165, 1.54) is 0 Å². The average Bonchev–Trinajstić information content (AvgIpc) is 2.45. The molecule has 0 bridgehead atoms. The Bertz CT molecular complexity index is 592. The second kappa shape index (κ2) is 6.33. The third-order valence-corrected chi connectivity index (χ3v) is 3.33. The molecule has 0 aliphatic carbocycles. The lowest BCUT2D eigenvalue weighted by molar-refractivity contribution is -0.726. The molecule has 1 heterocycles. The molecule has 0 aliphatic rings. The molecule has 20 heavy (non-hydrogen) atoms. The molecule has 0 radical (unpaired) electrons. The Hall–Kier alpha value is -2.16. The summed E-state index contributed by atoms with van der Waals surface area (Å²) >= 11 is 0. The number of halogens is 1. The van der Waals surface area contributed by atoms with E-state index >= 15 is 0 Å². The number of hydrogen-bond acceptors (Lipinski definition) is 1. The van der Waals surface area contributed by atoms with Gasteiger partial charge in [0.25, 0.3) is 0 Å². The van der Waals surface area contributed by atoms with Gasteiger partial charge < -0.3 is 5.32 Å². The highest BCUT2D eigenvalue weighted by molar-refractivity contribution is 5.70. The Kier molecular flexibility index (Phi) is 4.51. The van der Waals surface area contributed by atoms with Crippen molar-refractivity contribution in [1.82, 2.24) is 0 Å². The molecular formula is C17H20FN2+. The maximum absolute atomic E-state index is 13.9. The van der Waals surface area contributed by atoms with Gasteiger partial charge in [-0.25, -0.2) is 0 Å². The van der Waals surface area contributed by atoms with Gasteiger partial charge in [0.2, 0.25) is 0 Å². The molecule has 2 nitrogen and oxygen atoms in total. The standard InChI is InChI=1S/C17H19FN2/c1-4-20-13(2)11-15(12-17(20)18)6-5-14-7-9-16(19-3)10-8-14/h5-12H,4H2,1-3H3/p+1. The summed E-state index contributed by atoms with van der Waals surface area (Å²) in [6, 6.07) is 11.6. The van der Waals surface area contributed by atoms with Crippen molar-refractivity contribution in [2.24, 2.45) is 0 Å². The van der Waals surface area contributed by atoms with Gasteiger partial charge in [-0.1, -0.05) is 24.3 Å². The van der Waals surface area contributed by atoms with E-state index in [-0.39, 0.29) is 5.95 Å². The zero-order chi connectivity index (χ0) is 14.5. The van der Waals surface area contributed by atoms with Gasteiger partial charge in [0.05, 0.1) is 0 Å². The summed E-state index contributed by atoms with van der Waals surface area (Å²) in [6.45, 7) is 4.51. The maximum Gasteiger partial charge on any atom is 0.360 e. The first-order chi connectivity index (χ1) is 9.63. The number of benzene rings is 1. The lowest BCUT2D eigenvalue weighted by atomic mass is 10.1. The fourth-order valence-corrected chi connectivity index (χ4v) is 2.19. The molecule has 0 fully saturated rings. The number of nitrogens with one attached hydrogen (secondary N) is 1. The van der Waals surface area contributed by atoms with Gasteiger partial charge in [0.15, 0.2) is 5.69 Å². The minimum absolute atomic E-state index is 0.197. The van der Waals surface area contributed by atoms with Crippen molar-refractivity contribution in [1.29, 1.82) is 0 Å². The van der Waals surface area contributed by atoms with E-state index in [4.69, 9.17) is 0 Å². The summed E-state index contributed by atoms with van der Waals surface area (Å²) in [6.07, 6.45) is 3.92. The molecule has 1 aromatic carbocycles. The minimum atomic E-state index is -0.197. The molecule has 2 aromatic rings. The van der Waals surface area contributed by atoms with Crippen LogP contribution < -0.4 is 9.88 Å². The number of anilines is 1. The van der Waals surface area contributed by atoms with Crippen LogP contribution in [0.25, 0.3) is 12.2 Å². The summed E-state index contributed by atoms with van der Waals surface area (Å²) < 4.78 is 15.5. The molecule has 0 saturated heterocycles. The molecule has 2 rings (SSSR count). The van der Waals surface area contributed by atoms with Crippen LogP contribution in [0, 0.1) is 12.9 Å². The monoisotopic (exact) mass is 271 g/mol. The Morgan fingerprint density at radius 2 is 1.75 bits per heavy atom. The van der Waals surface area contributed by atoms with Crippen LogP contribution in [-0.4, -0.2) is 7.05 Å². The van der Waals surface area contributed by atoms with E-state index in [9.17, 15) is 4.39 Å². The summed E-state index contributed by atoms with van der Waals surface area (Å²) in [4.78, 5) is 0. The van der Waals surface area contributed by atoms with Crippen molar-refractivity contribution < 1.29 is 8.96 Å². The van der Waals surface area contributed by atoms with Crippen molar-refractivity contribution in [3.8, 4) is 0 Å². The molecule has 3 heteroatoms. The van der Waals surface area contributed by atoms with Gasteiger partial charge in [-0.05, 0) is 30.2 Å². The smallest absolute Gasteiger partial charge is 0.360 e. The SMILES string of the molecule is CC[n+]1c(C)cc(/C=C/c2ccc(NC)cc2)cc1F. The second-order valence-corrected chi connectivity index (χ2v) is 4.70. The largest absolute Gasteiger partial charge is 0.388 e. The predicted octanol–water partition coefficient (Wildman–Crippen LogP) is 3.65. The molecule has 0 spiro atoms. The van der Waals surface area contributed by atoms with Crippen LogP contribution in [-0.2, 0) is 6.54 Å². The molecule has 0 atom stereocenters. The van der Waals surface area contributed by atoms with Gasteiger partial charge in [-0.2, -0.15) is 4.57 Å². The fourth-order valence-electron chi connectivity index (χ4n) is 2.19. The van der Waals surface area contributed by atoms with Crippen LogP contribution >= 0.6 is 0 Å². The van der Waals surface area contributed by atoms with Crippen molar-refractivity contribution in [3.63, 3.8) is 0 Å². The van der Waals surface area contributed by atoms with Crippen LogP contribution in [0.3, 0.4) is 0 Å². The molecule has 0 aliphatic heterocycles. The van der Waals surface area contributed by atoms with Gasteiger partial charge in [0.1, 0.15) is 6.54 Å². The zero-order valence-electron chi connectivity index (χ0n) is 12.2. The zero-order valence-corrected chi connectivity index (χ0v) is 12.2. The average molecular weight is 271 g/mol. The minimum Gasteiger partial charge on any atom is -0.388 e. The Labute approximate surface area is 119 Å². The highest BCUT2D eigenvalue weighted by Crippen LogP contribution is 2.13. The highest BCUT2D eigenvalue weighted by Gasteiger charge is 2.12. The Morgan fingerprint density at radius 3 is 2.30 bits per heavy atom. The van der Waals surface area contributed by atoms with E-state index in [0.29, 0.717) is 6.54 Å². The quantitative estimate of drug-likeness (QED) is 0.663. The first-order valence-corrected chi connectivity index (χ1v) is 6.80. The number of nitrogens with zero attached hydrogens (tertiary/aromatic N) is 1. The molecule has 1 aromatic heterocycles. The number of hydrogen-bond donors (Lipinski definition) is 1. The number of aryl methyl sites for hydroxylation is 1. The van der Waals surface area contributed by atoms with Crippen molar-refractivity contribution in [2.45, 2.75) is 20.4 Å². The fraction of sp³-hybridized carbons (Fsp3) is 0.235. The Balaban J connectivity index is 2.22. The molecule has 0 unspecified atom stereocenters. The lowest BCUT2D eigenvalue weighted by Gasteiger charge is -2.01. The third kappa shape index (κ3) is 3.23. The number of pyridine rings is 1. The van der Waals surface area contributed by atoms with Crippen molar-refractivity contribution in [2.75, 3.05) is 12.4 Å². The lowest BCUT2D eigenvalue weighted by Crippen LogP contribution is -2.40. The van der Waals surface area contributed by atoms with E-state index in [1.54, 1.807) is 10.6 Å². The topological polar surface area (TPSA) is 15.9 Å². The van der Waals surface area contributed by atoms with Crippen LogP contribution in [0.4, 0.5) is 10.1 Å². The highest BCUT2D eigenvalue weighted by atomic mass is 19.1. The molecule has 104 valence electrons. The van der Waals surface area contributed by atoms with E-state index < -0.39 is 0 Å². The van der Waals surface area contributed by atoms with Crippen molar-refractivity contribution in [3.05, 3.63) is 59.2 Å². The number of rotatable bonds is 4. The molecular weight excluding hydrogens is 251 g/mol. The summed E-state index contributed by atoms with van der Waals surface area (Å²) in [5.74, 6) is -0.197. The van der Waals surface area contributed by atoms with Crippen LogP contribution in [0.5, 0.6) is 0 Å². The summed E-state index contributed by atoms with van der Waals surface area (Å²) in [5, 5.41) is 3.08. The first kappa shape index (κ1) is 14.3. The van der Waals surface area contributed by atoms with Gasteiger partial charge in [-0.3, -0.25) is 0 Å². The maximum atomic E-state index is 13.9. The van der Waals surface area contributed by atoms with Crippen molar-refractivity contribution >= 4 is 17.8 Å². The molecule has 0 saturated carbocycles. The first-order valence-electron chi connectivity index (χ1n) is 6.80. The van der Waals surface area contributed by atoms with Gasteiger partial charge >= 0.3 is 5.95 Å². The number of aromatic nitrogens is 1. The Morgan fingerprint density at radius 1 is 1.10 bits per heavy atom. The van der Waals surface area contributed by atoms with E-state index in [1.807, 2.05) is 63.4 Å². The predicted molar refractivity (Wildman–Crippen MR) is 81.9 cm³/mol.